The number of aromatic nitrogens is 1. The minimum atomic E-state index is 0.446. The molecule has 3 nitrogen and oxygen atoms in total. The van der Waals surface area contributed by atoms with E-state index in [1.54, 1.807) is 0 Å². The van der Waals surface area contributed by atoms with Crippen LogP contribution in [-0.2, 0) is 0 Å². The van der Waals surface area contributed by atoms with Gasteiger partial charge < -0.3 is 4.98 Å². The Balaban J connectivity index is 2.16. The van der Waals surface area contributed by atoms with Crippen molar-refractivity contribution in [3.05, 3.63) is 24.0 Å². The second-order valence-corrected chi connectivity index (χ2v) is 3.04. The lowest BCUT2D eigenvalue weighted by Crippen LogP contribution is -2.29. The minimum absolute atomic E-state index is 0.446. The van der Waals surface area contributed by atoms with Crippen LogP contribution >= 0.6 is 0 Å². The van der Waals surface area contributed by atoms with Crippen molar-refractivity contribution in [3.63, 3.8) is 0 Å². The van der Waals surface area contributed by atoms with E-state index in [0.717, 1.165) is 6.54 Å². The summed E-state index contributed by atoms with van der Waals surface area (Å²) in [5.74, 6) is 5.79. The molecule has 0 amide bonds. The average molecular weight is 151 g/mol. The van der Waals surface area contributed by atoms with Crippen molar-refractivity contribution in [2.24, 2.45) is 5.84 Å². The Hall–Kier alpha value is -0.800. The third kappa shape index (κ3) is 1.17. The molecule has 1 fully saturated rings. The molecule has 0 aromatic carbocycles. The first-order valence-electron chi connectivity index (χ1n) is 4.02. The highest BCUT2D eigenvalue weighted by molar-refractivity contribution is 5.14. The Bertz CT molecular complexity index is 217. The molecule has 0 radical (unpaired) electrons. The van der Waals surface area contributed by atoms with Crippen LogP contribution in [0.1, 0.15) is 24.4 Å². The first-order chi connectivity index (χ1) is 5.38. The Morgan fingerprint density at radius 1 is 1.64 bits per heavy atom. The van der Waals surface area contributed by atoms with E-state index in [2.05, 4.69) is 11.1 Å². The number of nitrogens with one attached hydrogen (secondary N) is 1. The molecule has 11 heavy (non-hydrogen) atoms. The number of H-pyrrole nitrogens is 1. The van der Waals surface area contributed by atoms with Gasteiger partial charge in [-0.2, -0.15) is 0 Å². The highest BCUT2D eigenvalue weighted by Crippen LogP contribution is 2.28. The summed E-state index contributed by atoms with van der Waals surface area (Å²) in [7, 11) is 0. The van der Waals surface area contributed by atoms with Crippen LogP contribution in [0.4, 0.5) is 0 Å². The maximum absolute atomic E-state index is 5.79. The predicted molar refractivity (Wildman–Crippen MR) is 43.7 cm³/mol. The monoisotopic (exact) mass is 151 g/mol. The van der Waals surface area contributed by atoms with Gasteiger partial charge in [0, 0.05) is 18.9 Å². The molecule has 1 aromatic heterocycles. The summed E-state index contributed by atoms with van der Waals surface area (Å²) in [5, 5.41) is 1.92. The highest BCUT2D eigenvalue weighted by Gasteiger charge is 2.22. The standard InChI is InChI=1S/C8H13N3/c9-11-5-1-2-8(11)7-3-4-10-6-7/h3-4,6,8,10H,1-2,5,9H2. The fraction of sp³-hybridized carbons (Fsp3) is 0.500. The number of rotatable bonds is 1. The summed E-state index contributed by atoms with van der Waals surface area (Å²) in [6.07, 6.45) is 6.37. The van der Waals surface area contributed by atoms with Gasteiger partial charge >= 0.3 is 0 Å². The largest absolute Gasteiger partial charge is 0.367 e. The number of hydrazine groups is 1. The van der Waals surface area contributed by atoms with E-state index in [-0.39, 0.29) is 0 Å². The third-order valence-electron chi connectivity index (χ3n) is 2.30. The molecule has 1 atom stereocenters. The van der Waals surface area contributed by atoms with E-state index in [4.69, 9.17) is 5.84 Å². The Kier molecular flexibility index (Phi) is 1.68. The van der Waals surface area contributed by atoms with Gasteiger partial charge in [0.25, 0.3) is 0 Å². The number of nitrogens with zero attached hydrogens (tertiary/aromatic N) is 1. The van der Waals surface area contributed by atoms with Crippen molar-refractivity contribution in [3.8, 4) is 0 Å². The molecule has 3 N–H and O–H groups in total. The average Bonchev–Trinajstić information content (AvgIpc) is 2.55. The zero-order valence-corrected chi connectivity index (χ0v) is 6.46. The van der Waals surface area contributed by atoms with Crippen LogP contribution in [0.25, 0.3) is 0 Å². The smallest absolute Gasteiger partial charge is 0.0505 e. The van der Waals surface area contributed by atoms with E-state index in [0.29, 0.717) is 6.04 Å². The first kappa shape index (κ1) is 6.88. The molecule has 1 saturated heterocycles. The molecule has 60 valence electrons. The van der Waals surface area contributed by atoms with Crippen molar-refractivity contribution in [2.45, 2.75) is 18.9 Å². The van der Waals surface area contributed by atoms with Crippen LogP contribution in [0.3, 0.4) is 0 Å². The van der Waals surface area contributed by atoms with Crippen LogP contribution in [0.5, 0.6) is 0 Å². The summed E-state index contributed by atoms with van der Waals surface area (Å²) in [6.45, 7) is 1.02. The lowest BCUT2D eigenvalue weighted by atomic mass is 10.1. The molecule has 2 heterocycles. The summed E-state index contributed by atoms with van der Waals surface area (Å²) in [5.41, 5.74) is 1.31. The summed E-state index contributed by atoms with van der Waals surface area (Å²) >= 11 is 0. The molecule has 1 aliphatic heterocycles. The second-order valence-electron chi connectivity index (χ2n) is 3.04. The highest BCUT2D eigenvalue weighted by atomic mass is 15.4. The van der Waals surface area contributed by atoms with Crippen LogP contribution in [0, 0.1) is 0 Å². The molecular formula is C8H13N3. The van der Waals surface area contributed by atoms with Gasteiger partial charge in [-0.3, -0.25) is 5.84 Å². The molecule has 1 aliphatic rings. The first-order valence-corrected chi connectivity index (χ1v) is 4.02. The summed E-state index contributed by atoms with van der Waals surface area (Å²) in [6, 6.07) is 2.54. The lowest BCUT2D eigenvalue weighted by molar-refractivity contribution is 0.266. The van der Waals surface area contributed by atoms with Gasteiger partial charge in [-0.05, 0) is 24.5 Å². The number of aromatic amines is 1. The predicted octanol–water partition coefficient (Wildman–Crippen LogP) is 1.03. The Morgan fingerprint density at radius 3 is 3.09 bits per heavy atom. The number of nitrogens with two attached hydrogens (primary N) is 1. The van der Waals surface area contributed by atoms with Crippen molar-refractivity contribution >= 4 is 0 Å². The van der Waals surface area contributed by atoms with Gasteiger partial charge in [-0.25, -0.2) is 5.01 Å². The Morgan fingerprint density at radius 2 is 2.55 bits per heavy atom. The quantitative estimate of drug-likeness (QED) is 0.589. The summed E-state index contributed by atoms with van der Waals surface area (Å²) < 4.78 is 0. The fourth-order valence-corrected chi connectivity index (χ4v) is 1.69. The van der Waals surface area contributed by atoms with Crippen LogP contribution in [-0.4, -0.2) is 16.5 Å². The van der Waals surface area contributed by atoms with Gasteiger partial charge in [0.15, 0.2) is 0 Å². The molecule has 0 spiro atoms. The topological polar surface area (TPSA) is 45.0 Å². The zero-order chi connectivity index (χ0) is 7.68. The van der Waals surface area contributed by atoms with Crippen molar-refractivity contribution in [1.29, 1.82) is 0 Å². The normalized spacial score (nSPS) is 26.1. The molecule has 0 aliphatic carbocycles. The van der Waals surface area contributed by atoms with Crippen LogP contribution in [0.2, 0.25) is 0 Å². The molecule has 1 aromatic rings. The molecule has 3 heteroatoms. The number of hydrogen-bond donors (Lipinski definition) is 2. The minimum Gasteiger partial charge on any atom is -0.367 e. The maximum Gasteiger partial charge on any atom is 0.0505 e. The lowest BCUT2D eigenvalue weighted by Gasteiger charge is -2.17. The Labute approximate surface area is 66.2 Å². The van der Waals surface area contributed by atoms with E-state index in [1.807, 2.05) is 17.4 Å². The molecule has 1 unspecified atom stereocenters. The van der Waals surface area contributed by atoms with Gasteiger partial charge in [-0.15, -0.1) is 0 Å². The van der Waals surface area contributed by atoms with E-state index in [9.17, 15) is 0 Å². The second kappa shape index (κ2) is 2.68. The molecule has 0 saturated carbocycles. The SMILES string of the molecule is NN1CCCC1c1cc[nH]c1. The van der Waals surface area contributed by atoms with Crippen molar-refractivity contribution < 1.29 is 0 Å². The van der Waals surface area contributed by atoms with Crippen molar-refractivity contribution in [2.75, 3.05) is 6.54 Å². The maximum atomic E-state index is 5.79. The number of hydrogen-bond acceptors (Lipinski definition) is 2. The van der Waals surface area contributed by atoms with Gasteiger partial charge in [0.05, 0.1) is 6.04 Å². The third-order valence-corrected chi connectivity index (χ3v) is 2.30. The molecular weight excluding hydrogens is 138 g/mol. The van der Waals surface area contributed by atoms with Gasteiger partial charge in [0.2, 0.25) is 0 Å². The summed E-state index contributed by atoms with van der Waals surface area (Å²) in [4.78, 5) is 3.04. The van der Waals surface area contributed by atoms with Gasteiger partial charge in [0.1, 0.15) is 0 Å². The van der Waals surface area contributed by atoms with Crippen LogP contribution < -0.4 is 5.84 Å². The van der Waals surface area contributed by atoms with E-state index >= 15 is 0 Å². The van der Waals surface area contributed by atoms with E-state index in [1.165, 1.54) is 18.4 Å². The molecule has 0 bridgehead atoms. The van der Waals surface area contributed by atoms with Crippen molar-refractivity contribution in [1.82, 2.24) is 9.99 Å². The zero-order valence-electron chi connectivity index (χ0n) is 6.46. The van der Waals surface area contributed by atoms with Gasteiger partial charge in [-0.1, -0.05) is 0 Å². The fourth-order valence-electron chi connectivity index (χ4n) is 1.69. The molecule has 2 rings (SSSR count). The van der Waals surface area contributed by atoms with E-state index < -0.39 is 0 Å². The van der Waals surface area contributed by atoms with Crippen LogP contribution in [0.15, 0.2) is 18.5 Å².